The number of carbonyl (C=O) groups excluding carboxylic acids is 1. The van der Waals surface area contributed by atoms with Crippen molar-refractivity contribution in [2.24, 2.45) is 0 Å². The molecule has 0 bridgehead atoms. The maximum absolute atomic E-state index is 12.6. The molecule has 0 aromatic heterocycles. The molecule has 8 heteroatoms. The highest BCUT2D eigenvalue weighted by atomic mass is 16.6. The number of nitro benzene ring substituents is 1. The van der Waals surface area contributed by atoms with Crippen molar-refractivity contribution in [2.75, 3.05) is 20.3 Å². The van der Waals surface area contributed by atoms with Crippen molar-refractivity contribution in [1.29, 1.82) is 0 Å². The van der Waals surface area contributed by atoms with Gasteiger partial charge in [0.1, 0.15) is 5.56 Å². The molecular weight excluding hydrogens is 340 g/mol. The van der Waals surface area contributed by atoms with Crippen molar-refractivity contribution in [3.05, 3.63) is 27.8 Å². The topological polar surface area (TPSA) is 99.9 Å². The molecule has 0 aliphatic carbocycles. The molecule has 1 fully saturated rings. The highest BCUT2D eigenvalue weighted by Gasteiger charge is 2.26. The van der Waals surface area contributed by atoms with Gasteiger partial charge < -0.3 is 19.5 Å². The largest absolute Gasteiger partial charge is 0.493 e. The summed E-state index contributed by atoms with van der Waals surface area (Å²) < 4.78 is 16.1. The van der Waals surface area contributed by atoms with E-state index in [1.54, 1.807) is 6.92 Å². The molecule has 0 spiro atoms. The van der Waals surface area contributed by atoms with E-state index in [1.807, 2.05) is 6.92 Å². The maximum Gasteiger partial charge on any atom is 0.286 e. The summed E-state index contributed by atoms with van der Waals surface area (Å²) >= 11 is 0. The van der Waals surface area contributed by atoms with Crippen LogP contribution in [0.3, 0.4) is 0 Å². The van der Waals surface area contributed by atoms with Gasteiger partial charge in [-0.25, -0.2) is 0 Å². The minimum absolute atomic E-state index is 0.0387. The molecule has 0 saturated carbocycles. The fraction of sp³-hybridized carbons (Fsp3) is 0.611. The second kappa shape index (κ2) is 9.38. The molecule has 0 radical (unpaired) electrons. The van der Waals surface area contributed by atoms with Crippen molar-refractivity contribution < 1.29 is 23.9 Å². The third-order valence-corrected chi connectivity index (χ3v) is 4.35. The normalized spacial score (nSPS) is 17.6. The van der Waals surface area contributed by atoms with Gasteiger partial charge in [0.25, 0.3) is 11.6 Å². The fourth-order valence-corrected chi connectivity index (χ4v) is 2.99. The summed E-state index contributed by atoms with van der Waals surface area (Å²) in [4.78, 5) is 23.4. The number of rotatable bonds is 9. The number of amides is 1. The molecule has 1 aromatic carbocycles. The second-order valence-electron chi connectivity index (χ2n) is 6.30. The molecule has 144 valence electrons. The summed E-state index contributed by atoms with van der Waals surface area (Å²) in [6.45, 7) is 4.82. The molecule has 8 nitrogen and oxygen atoms in total. The number of hydrogen-bond acceptors (Lipinski definition) is 6. The van der Waals surface area contributed by atoms with Gasteiger partial charge in [-0.2, -0.15) is 0 Å². The van der Waals surface area contributed by atoms with Crippen LogP contribution in [0.15, 0.2) is 12.1 Å². The van der Waals surface area contributed by atoms with Gasteiger partial charge in [0.05, 0.1) is 30.8 Å². The molecule has 1 amide bonds. The van der Waals surface area contributed by atoms with Gasteiger partial charge in [0, 0.05) is 18.7 Å². The molecule has 1 aromatic rings. The van der Waals surface area contributed by atoms with Crippen LogP contribution >= 0.6 is 0 Å². The third-order valence-electron chi connectivity index (χ3n) is 4.35. The van der Waals surface area contributed by atoms with Gasteiger partial charge in [-0.3, -0.25) is 14.9 Å². The van der Waals surface area contributed by atoms with E-state index in [0.717, 1.165) is 32.3 Å². The lowest BCUT2D eigenvalue weighted by atomic mass is 10.1. The molecule has 1 heterocycles. The molecule has 1 saturated heterocycles. The van der Waals surface area contributed by atoms with Gasteiger partial charge in [0.2, 0.25) is 0 Å². The van der Waals surface area contributed by atoms with Crippen LogP contribution in [0.2, 0.25) is 0 Å². The Hall–Kier alpha value is -2.35. The van der Waals surface area contributed by atoms with Crippen molar-refractivity contribution in [1.82, 2.24) is 5.32 Å². The van der Waals surface area contributed by atoms with Crippen LogP contribution in [-0.2, 0) is 4.74 Å². The van der Waals surface area contributed by atoms with Crippen LogP contribution < -0.4 is 14.8 Å². The Morgan fingerprint density at radius 2 is 2.23 bits per heavy atom. The van der Waals surface area contributed by atoms with E-state index in [0.29, 0.717) is 12.4 Å². The minimum Gasteiger partial charge on any atom is -0.493 e. The van der Waals surface area contributed by atoms with Crippen molar-refractivity contribution in [2.45, 2.75) is 51.7 Å². The van der Waals surface area contributed by atoms with E-state index in [-0.39, 0.29) is 29.1 Å². The molecule has 26 heavy (non-hydrogen) atoms. The van der Waals surface area contributed by atoms with Crippen LogP contribution in [0.1, 0.15) is 49.9 Å². The van der Waals surface area contributed by atoms with Crippen molar-refractivity contribution in [3.8, 4) is 11.5 Å². The summed E-state index contributed by atoms with van der Waals surface area (Å²) in [6.07, 6.45) is 3.97. The predicted octanol–water partition coefficient (Wildman–Crippen LogP) is 3.08. The average Bonchev–Trinajstić information content (AvgIpc) is 3.13. The quantitative estimate of drug-likeness (QED) is 0.532. The first-order valence-corrected chi connectivity index (χ1v) is 8.88. The van der Waals surface area contributed by atoms with E-state index in [9.17, 15) is 14.9 Å². The maximum atomic E-state index is 12.6. The van der Waals surface area contributed by atoms with E-state index in [2.05, 4.69) is 5.32 Å². The van der Waals surface area contributed by atoms with Gasteiger partial charge in [-0.15, -0.1) is 0 Å². The first-order valence-electron chi connectivity index (χ1n) is 8.88. The highest BCUT2D eigenvalue weighted by molar-refractivity contribution is 5.99. The lowest BCUT2D eigenvalue weighted by molar-refractivity contribution is -0.385. The molecule has 1 aliphatic heterocycles. The molecule has 1 N–H and O–H groups in total. The zero-order chi connectivity index (χ0) is 19.1. The number of ether oxygens (including phenoxy) is 3. The van der Waals surface area contributed by atoms with Crippen LogP contribution in [0.25, 0.3) is 0 Å². The van der Waals surface area contributed by atoms with Crippen LogP contribution in [0.5, 0.6) is 11.5 Å². The summed E-state index contributed by atoms with van der Waals surface area (Å²) in [5, 5.41) is 14.2. The Morgan fingerprint density at radius 3 is 2.81 bits per heavy atom. The number of carbonyl (C=O) groups is 1. The number of nitro groups is 1. The molecule has 2 atom stereocenters. The van der Waals surface area contributed by atoms with E-state index in [1.165, 1.54) is 19.2 Å². The monoisotopic (exact) mass is 366 g/mol. The fourth-order valence-electron chi connectivity index (χ4n) is 2.99. The summed E-state index contributed by atoms with van der Waals surface area (Å²) in [5.41, 5.74) is -0.350. The summed E-state index contributed by atoms with van der Waals surface area (Å²) in [5.74, 6) is 0.0273. The first kappa shape index (κ1) is 20.0. The van der Waals surface area contributed by atoms with Crippen molar-refractivity contribution >= 4 is 11.6 Å². The smallest absolute Gasteiger partial charge is 0.286 e. The number of benzene rings is 1. The van der Waals surface area contributed by atoms with E-state index in [4.69, 9.17) is 14.2 Å². The van der Waals surface area contributed by atoms with Crippen LogP contribution in [0, 0.1) is 10.1 Å². The number of hydrogen-bond donors (Lipinski definition) is 1. The summed E-state index contributed by atoms with van der Waals surface area (Å²) in [7, 11) is 1.40. The van der Waals surface area contributed by atoms with Crippen molar-refractivity contribution in [3.63, 3.8) is 0 Å². The van der Waals surface area contributed by atoms with Gasteiger partial charge in [0.15, 0.2) is 11.5 Å². The van der Waals surface area contributed by atoms with E-state index >= 15 is 0 Å². The lowest BCUT2D eigenvalue weighted by Crippen LogP contribution is -2.33. The molecule has 2 rings (SSSR count). The Kier molecular flexibility index (Phi) is 7.20. The Labute approximate surface area is 153 Å². The molecule has 2 unspecified atom stereocenters. The highest BCUT2D eigenvalue weighted by Crippen LogP contribution is 2.34. The van der Waals surface area contributed by atoms with Gasteiger partial charge in [-0.05, 0) is 39.5 Å². The summed E-state index contributed by atoms with van der Waals surface area (Å²) in [6, 6.07) is 2.46. The first-order chi connectivity index (χ1) is 12.5. The SMILES string of the molecule is CCOc1cc(C(=O)NC(C)CCC2CCCO2)c([N+](=O)[O-])cc1OC. The van der Waals surface area contributed by atoms with Gasteiger partial charge >= 0.3 is 0 Å². The van der Waals surface area contributed by atoms with Crippen LogP contribution in [0.4, 0.5) is 5.69 Å². The second-order valence-corrected chi connectivity index (χ2v) is 6.30. The predicted molar refractivity (Wildman–Crippen MR) is 96.0 cm³/mol. The van der Waals surface area contributed by atoms with E-state index < -0.39 is 10.8 Å². The van der Waals surface area contributed by atoms with Gasteiger partial charge in [-0.1, -0.05) is 0 Å². The number of methoxy groups -OCH3 is 1. The molecule has 1 aliphatic rings. The number of nitrogens with zero attached hydrogens (tertiary/aromatic N) is 1. The Bertz CT molecular complexity index is 643. The minimum atomic E-state index is -0.593. The third kappa shape index (κ3) is 5.08. The average molecular weight is 366 g/mol. The zero-order valence-electron chi connectivity index (χ0n) is 15.4. The standard InChI is InChI=1S/C18H26N2O6/c1-4-25-17-10-14(15(20(22)23)11-16(17)24-3)18(21)19-12(2)7-8-13-6-5-9-26-13/h10-13H,4-9H2,1-3H3,(H,19,21). The number of nitrogens with one attached hydrogen (secondary N) is 1. The van der Waals surface area contributed by atoms with Crippen LogP contribution in [-0.4, -0.2) is 43.3 Å². The Balaban J connectivity index is 2.12. The Morgan fingerprint density at radius 1 is 1.46 bits per heavy atom. The molecular formula is C18H26N2O6. The zero-order valence-corrected chi connectivity index (χ0v) is 15.4. The lowest BCUT2D eigenvalue weighted by Gasteiger charge is -2.17.